The zero-order chi connectivity index (χ0) is 13.1. The van der Waals surface area contributed by atoms with Crippen molar-refractivity contribution < 1.29 is 14.3 Å². The van der Waals surface area contributed by atoms with Crippen LogP contribution < -0.4 is 0 Å². The highest BCUT2D eigenvalue weighted by Crippen LogP contribution is 2.24. The van der Waals surface area contributed by atoms with Gasteiger partial charge in [0.1, 0.15) is 12.2 Å². The highest BCUT2D eigenvalue weighted by atomic mass is 16.5. The first-order valence-corrected chi connectivity index (χ1v) is 6.91. The fraction of sp³-hybridized carbons (Fsp3) is 0.533. The number of rotatable bonds is 2. The molecule has 2 fully saturated rings. The summed E-state index contributed by atoms with van der Waals surface area (Å²) < 4.78 is 11.2. The summed E-state index contributed by atoms with van der Waals surface area (Å²) in [4.78, 5) is 14.2. The molecule has 4 nitrogen and oxygen atoms in total. The highest BCUT2D eigenvalue weighted by Gasteiger charge is 2.32. The summed E-state index contributed by atoms with van der Waals surface area (Å²) in [5.74, 6) is 0.127. The van der Waals surface area contributed by atoms with E-state index >= 15 is 0 Å². The highest BCUT2D eigenvalue weighted by molar-refractivity contribution is 5.81. The van der Waals surface area contributed by atoms with Gasteiger partial charge in [-0.15, -0.1) is 0 Å². The Morgan fingerprint density at radius 2 is 2.00 bits per heavy atom. The van der Waals surface area contributed by atoms with Gasteiger partial charge in [0.05, 0.1) is 13.2 Å². The van der Waals surface area contributed by atoms with Crippen LogP contribution in [0.25, 0.3) is 0 Å². The van der Waals surface area contributed by atoms with Crippen LogP contribution in [0.2, 0.25) is 0 Å². The van der Waals surface area contributed by atoms with Crippen LogP contribution in [-0.2, 0) is 14.3 Å². The largest absolute Gasteiger partial charge is 0.370 e. The summed E-state index contributed by atoms with van der Waals surface area (Å²) in [6.07, 6.45) is 1.60. The molecule has 0 saturated carbocycles. The Kier molecular flexibility index (Phi) is 3.80. The Morgan fingerprint density at radius 1 is 1.16 bits per heavy atom. The average molecular weight is 261 g/mol. The van der Waals surface area contributed by atoms with Crippen molar-refractivity contribution in [3.8, 4) is 0 Å². The van der Waals surface area contributed by atoms with Crippen LogP contribution in [0.4, 0.5) is 0 Å². The van der Waals surface area contributed by atoms with E-state index in [0.29, 0.717) is 26.3 Å². The summed E-state index contributed by atoms with van der Waals surface area (Å²) in [6.45, 7) is 2.60. The topological polar surface area (TPSA) is 38.8 Å². The summed E-state index contributed by atoms with van der Waals surface area (Å²) in [5.41, 5.74) is 1.13. The molecule has 0 N–H and O–H groups in total. The number of morpholine rings is 1. The number of hydrogen-bond donors (Lipinski definition) is 0. The van der Waals surface area contributed by atoms with Crippen LogP contribution in [0.3, 0.4) is 0 Å². The van der Waals surface area contributed by atoms with E-state index in [2.05, 4.69) is 0 Å². The first-order chi connectivity index (χ1) is 9.34. The molecule has 1 aromatic rings. The third kappa shape index (κ3) is 2.80. The van der Waals surface area contributed by atoms with Gasteiger partial charge in [-0.05, 0) is 18.4 Å². The number of carbonyl (C=O) groups is 1. The van der Waals surface area contributed by atoms with E-state index < -0.39 is 0 Å². The van der Waals surface area contributed by atoms with Crippen LogP contribution in [0.1, 0.15) is 24.5 Å². The zero-order valence-electron chi connectivity index (χ0n) is 11.0. The number of benzene rings is 1. The molecule has 0 radical (unpaired) electrons. The van der Waals surface area contributed by atoms with Crippen molar-refractivity contribution in [2.24, 2.45) is 0 Å². The van der Waals surface area contributed by atoms with Gasteiger partial charge in [0.2, 0.25) is 0 Å². The van der Waals surface area contributed by atoms with E-state index in [1.54, 1.807) is 0 Å². The second kappa shape index (κ2) is 5.72. The minimum absolute atomic E-state index is 0.0136. The number of hydrogen-bond acceptors (Lipinski definition) is 3. The second-order valence-corrected chi connectivity index (χ2v) is 5.06. The summed E-state index contributed by atoms with van der Waals surface area (Å²) in [5, 5.41) is 0. The van der Waals surface area contributed by atoms with E-state index in [9.17, 15) is 4.79 Å². The molecule has 2 aliphatic rings. The molecule has 3 rings (SSSR count). The third-order valence-corrected chi connectivity index (χ3v) is 3.75. The quantitative estimate of drug-likeness (QED) is 0.814. The van der Waals surface area contributed by atoms with Crippen molar-refractivity contribution in [3.05, 3.63) is 35.9 Å². The molecule has 2 unspecified atom stereocenters. The normalized spacial score (nSPS) is 27.5. The van der Waals surface area contributed by atoms with Crippen LogP contribution in [0.15, 0.2) is 30.3 Å². The fourth-order valence-corrected chi connectivity index (χ4v) is 2.69. The monoisotopic (exact) mass is 261 g/mol. The molecular formula is C15H19NO3. The Bertz CT molecular complexity index is 428. The van der Waals surface area contributed by atoms with Gasteiger partial charge in [-0.2, -0.15) is 0 Å². The van der Waals surface area contributed by atoms with Gasteiger partial charge in [0.25, 0.3) is 5.91 Å². The Labute approximate surface area is 113 Å². The molecule has 2 atom stereocenters. The van der Waals surface area contributed by atoms with Crippen molar-refractivity contribution >= 4 is 5.91 Å². The lowest BCUT2D eigenvalue weighted by Gasteiger charge is -2.34. The molecule has 2 saturated heterocycles. The van der Waals surface area contributed by atoms with Gasteiger partial charge in [-0.1, -0.05) is 30.3 Å². The van der Waals surface area contributed by atoms with Crippen molar-refractivity contribution in [1.82, 2.24) is 4.90 Å². The van der Waals surface area contributed by atoms with Gasteiger partial charge in [0.15, 0.2) is 0 Å². The summed E-state index contributed by atoms with van der Waals surface area (Å²) >= 11 is 0. The molecule has 2 heterocycles. The maximum atomic E-state index is 12.3. The van der Waals surface area contributed by atoms with E-state index in [1.165, 1.54) is 0 Å². The standard InChI is InChI=1S/C15H19NO3/c17-15(13-7-4-9-18-13)16-8-10-19-14(11-16)12-5-2-1-3-6-12/h1-3,5-6,13-14H,4,7-11H2. The van der Waals surface area contributed by atoms with Gasteiger partial charge >= 0.3 is 0 Å². The second-order valence-electron chi connectivity index (χ2n) is 5.06. The minimum Gasteiger partial charge on any atom is -0.370 e. The van der Waals surface area contributed by atoms with Gasteiger partial charge < -0.3 is 14.4 Å². The molecule has 1 amide bonds. The molecule has 4 heteroatoms. The SMILES string of the molecule is O=C(C1CCCO1)N1CCOC(c2ccccc2)C1. The van der Waals surface area contributed by atoms with Crippen LogP contribution in [-0.4, -0.2) is 43.2 Å². The maximum Gasteiger partial charge on any atom is 0.251 e. The summed E-state index contributed by atoms with van der Waals surface area (Å²) in [6, 6.07) is 10.1. The van der Waals surface area contributed by atoms with Crippen LogP contribution in [0, 0.1) is 0 Å². The smallest absolute Gasteiger partial charge is 0.251 e. The molecule has 2 aliphatic heterocycles. The van der Waals surface area contributed by atoms with Crippen molar-refractivity contribution in [1.29, 1.82) is 0 Å². The first kappa shape index (κ1) is 12.6. The lowest BCUT2D eigenvalue weighted by Crippen LogP contribution is -2.46. The van der Waals surface area contributed by atoms with Gasteiger partial charge in [-0.25, -0.2) is 0 Å². The number of amides is 1. The van der Waals surface area contributed by atoms with Crippen molar-refractivity contribution in [2.45, 2.75) is 25.0 Å². The van der Waals surface area contributed by atoms with Gasteiger partial charge in [0, 0.05) is 13.2 Å². The zero-order valence-corrected chi connectivity index (χ0v) is 11.0. The first-order valence-electron chi connectivity index (χ1n) is 6.91. The Hall–Kier alpha value is -1.39. The van der Waals surface area contributed by atoms with E-state index in [-0.39, 0.29) is 18.1 Å². The van der Waals surface area contributed by atoms with Crippen molar-refractivity contribution in [2.75, 3.05) is 26.3 Å². The lowest BCUT2D eigenvalue weighted by molar-refractivity contribution is -0.148. The molecule has 19 heavy (non-hydrogen) atoms. The number of carbonyl (C=O) groups excluding carboxylic acids is 1. The molecule has 0 spiro atoms. The van der Waals surface area contributed by atoms with Crippen molar-refractivity contribution in [3.63, 3.8) is 0 Å². The molecule has 0 bridgehead atoms. The maximum absolute atomic E-state index is 12.3. The summed E-state index contributed by atoms with van der Waals surface area (Å²) in [7, 11) is 0. The lowest BCUT2D eigenvalue weighted by atomic mass is 10.1. The number of nitrogens with zero attached hydrogens (tertiary/aromatic N) is 1. The Balaban J connectivity index is 1.66. The van der Waals surface area contributed by atoms with E-state index in [1.807, 2.05) is 35.2 Å². The average Bonchev–Trinajstić information content (AvgIpc) is 3.02. The molecular weight excluding hydrogens is 242 g/mol. The fourth-order valence-electron chi connectivity index (χ4n) is 2.69. The van der Waals surface area contributed by atoms with E-state index in [4.69, 9.17) is 9.47 Å². The Morgan fingerprint density at radius 3 is 2.74 bits per heavy atom. The van der Waals surface area contributed by atoms with Crippen LogP contribution in [0.5, 0.6) is 0 Å². The molecule has 0 aliphatic carbocycles. The van der Waals surface area contributed by atoms with Crippen LogP contribution >= 0.6 is 0 Å². The number of ether oxygens (including phenoxy) is 2. The molecule has 1 aromatic carbocycles. The van der Waals surface area contributed by atoms with Gasteiger partial charge in [-0.3, -0.25) is 4.79 Å². The third-order valence-electron chi connectivity index (χ3n) is 3.75. The van der Waals surface area contributed by atoms with E-state index in [0.717, 1.165) is 18.4 Å². The predicted molar refractivity (Wildman–Crippen MR) is 70.7 cm³/mol. The molecule has 102 valence electrons. The minimum atomic E-state index is -0.227. The predicted octanol–water partition coefficient (Wildman–Crippen LogP) is 1.77. The molecule has 0 aromatic heterocycles.